The molecule has 1 aliphatic rings. The molecule has 0 aliphatic heterocycles. The minimum absolute atomic E-state index is 0.244. The molecule has 1 aromatic carbocycles. The predicted octanol–water partition coefficient (Wildman–Crippen LogP) is 3.54. The molecule has 2 atom stereocenters. The van der Waals surface area contributed by atoms with Crippen molar-refractivity contribution in [2.24, 2.45) is 5.92 Å². The van der Waals surface area contributed by atoms with Gasteiger partial charge < -0.3 is 10.4 Å². The van der Waals surface area contributed by atoms with Gasteiger partial charge >= 0.3 is 0 Å². The lowest BCUT2D eigenvalue weighted by molar-refractivity contribution is 0.198. The Morgan fingerprint density at radius 3 is 2.48 bits per heavy atom. The van der Waals surface area contributed by atoms with Gasteiger partial charge in [-0.3, -0.25) is 0 Å². The van der Waals surface area contributed by atoms with Crippen LogP contribution in [0.5, 0.6) is 0 Å². The minimum atomic E-state index is 0.244. The minimum Gasteiger partial charge on any atom is -0.396 e. The largest absolute Gasteiger partial charge is 0.396 e. The Morgan fingerprint density at radius 2 is 1.90 bits per heavy atom. The molecule has 0 aromatic heterocycles. The molecule has 1 fully saturated rings. The maximum Gasteiger partial charge on any atom is 0.0991 e. The van der Waals surface area contributed by atoms with Gasteiger partial charge in [-0.15, -0.1) is 0 Å². The summed E-state index contributed by atoms with van der Waals surface area (Å²) in [6.07, 6.45) is 7.37. The van der Waals surface area contributed by atoms with Crippen molar-refractivity contribution in [2.75, 3.05) is 6.61 Å². The van der Waals surface area contributed by atoms with E-state index in [0.29, 0.717) is 17.5 Å². The van der Waals surface area contributed by atoms with Crippen LogP contribution < -0.4 is 5.32 Å². The first-order valence-corrected chi connectivity index (χ1v) is 8.11. The molecule has 2 rings (SSSR count). The van der Waals surface area contributed by atoms with Crippen LogP contribution in [0.25, 0.3) is 0 Å². The van der Waals surface area contributed by atoms with E-state index in [2.05, 4.69) is 18.3 Å². The lowest BCUT2D eigenvalue weighted by atomic mass is 9.82. The summed E-state index contributed by atoms with van der Waals surface area (Å²) in [5.41, 5.74) is 1.90. The fourth-order valence-corrected chi connectivity index (χ4v) is 3.39. The molecule has 1 aliphatic carbocycles. The van der Waals surface area contributed by atoms with Crippen LogP contribution in [0, 0.1) is 17.2 Å². The van der Waals surface area contributed by atoms with E-state index in [1.165, 1.54) is 37.7 Å². The Labute approximate surface area is 128 Å². The average Bonchev–Trinajstić information content (AvgIpc) is 2.55. The summed E-state index contributed by atoms with van der Waals surface area (Å²) in [4.78, 5) is 0. The number of nitrogens with zero attached hydrogens (tertiary/aromatic N) is 1. The van der Waals surface area contributed by atoms with Crippen molar-refractivity contribution in [3.8, 4) is 6.07 Å². The van der Waals surface area contributed by atoms with Crippen LogP contribution in [0.3, 0.4) is 0 Å². The molecule has 0 saturated heterocycles. The highest BCUT2D eigenvalue weighted by molar-refractivity contribution is 5.32. The molecule has 2 unspecified atom stereocenters. The molecular formula is C18H26N2O. The van der Waals surface area contributed by atoms with Gasteiger partial charge in [0.2, 0.25) is 0 Å². The van der Waals surface area contributed by atoms with E-state index in [1.54, 1.807) is 0 Å². The summed E-state index contributed by atoms with van der Waals surface area (Å²) >= 11 is 0. The highest BCUT2D eigenvalue weighted by Crippen LogP contribution is 2.29. The molecule has 0 bridgehead atoms. The second kappa shape index (κ2) is 8.17. The Bertz CT molecular complexity index is 457. The van der Waals surface area contributed by atoms with Crippen LogP contribution in [0.2, 0.25) is 0 Å². The van der Waals surface area contributed by atoms with Crippen LogP contribution in [0.15, 0.2) is 24.3 Å². The van der Waals surface area contributed by atoms with Crippen molar-refractivity contribution in [2.45, 2.75) is 57.5 Å². The lowest BCUT2D eigenvalue weighted by Crippen LogP contribution is -2.39. The Kier molecular flexibility index (Phi) is 6.22. The van der Waals surface area contributed by atoms with Crippen molar-refractivity contribution in [3.63, 3.8) is 0 Å². The third kappa shape index (κ3) is 4.56. The molecule has 0 amide bonds. The summed E-state index contributed by atoms with van der Waals surface area (Å²) in [6, 6.07) is 10.6. The SMILES string of the molecule is CC(NC(CCO)C1CCCCC1)c1ccc(C#N)cc1. The fraction of sp³-hybridized carbons (Fsp3) is 0.611. The van der Waals surface area contributed by atoms with E-state index in [-0.39, 0.29) is 12.6 Å². The molecule has 114 valence electrons. The van der Waals surface area contributed by atoms with Gasteiger partial charge in [0, 0.05) is 18.7 Å². The molecule has 0 spiro atoms. The standard InChI is InChI=1S/C18H26N2O/c1-14(16-9-7-15(13-19)8-10-16)20-18(11-12-21)17-5-3-2-4-6-17/h7-10,14,17-18,20-21H,2-6,11-12H2,1H3. The number of nitriles is 1. The van der Waals surface area contributed by atoms with E-state index in [0.717, 1.165) is 6.42 Å². The van der Waals surface area contributed by atoms with Crippen molar-refractivity contribution in [1.29, 1.82) is 5.26 Å². The zero-order chi connectivity index (χ0) is 15.1. The number of aliphatic hydroxyl groups excluding tert-OH is 1. The zero-order valence-electron chi connectivity index (χ0n) is 12.9. The van der Waals surface area contributed by atoms with Crippen molar-refractivity contribution >= 4 is 0 Å². The van der Waals surface area contributed by atoms with Gasteiger partial charge in [-0.25, -0.2) is 0 Å². The Balaban J connectivity index is 1.99. The van der Waals surface area contributed by atoms with Gasteiger partial charge in [-0.05, 0) is 49.8 Å². The molecule has 1 aromatic rings. The highest BCUT2D eigenvalue weighted by Gasteiger charge is 2.24. The van der Waals surface area contributed by atoms with E-state index < -0.39 is 0 Å². The molecule has 2 N–H and O–H groups in total. The number of hydrogen-bond acceptors (Lipinski definition) is 3. The number of nitrogens with one attached hydrogen (secondary N) is 1. The van der Waals surface area contributed by atoms with Crippen LogP contribution in [0.4, 0.5) is 0 Å². The van der Waals surface area contributed by atoms with E-state index >= 15 is 0 Å². The van der Waals surface area contributed by atoms with Gasteiger partial charge in [0.25, 0.3) is 0 Å². The number of rotatable bonds is 6. The molecule has 21 heavy (non-hydrogen) atoms. The monoisotopic (exact) mass is 286 g/mol. The molecule has 0 radical (unpaired) electrons. The van der Waals surface area contributed by atoms with Gasteiger partial charge in [-0.1, -0.05) is 31.4 Å². The van der Waals surface area contributed by atoms with Crippen molar-refractivity contribution in [1.82, 2.24) is 5.32 Å². The van der Waals surface area contributed by atoms with Crippen LogP contribution in [-0.2, 0) is 0 Å². The molecule has 3 nitrogen and oxygen atoms in total. The number of hydrogen-bond donors (Lipinski definition) is 2. The van der Waals surface area contributed by atoms with E-state index in [1.807, 2.05) is 24.3 Å². The third-order valence-corrected chi connectivity index (χ3v) is 4.66. The third-order valence-electron chi connectivity index (χ3n) is 4.66. The molecule has 3 heteroatoms. The normalized spacial score (nSPS) is 18.9. The Morgan fingerprint density at radius 1 is 1.24 bits per heavy atom. The number of aliphatic hydroxyl groups is 1. The Hall–Kier alpha value is -1.37. The smallest absolute Gasteiger partial charge is 0.0991 e. The molecule has 1 saturated carbocycles. The zero-order valence-corrected chi connectivity index (χ0v) is 12.9. The summed E-state index contributed by atoms with van der Waals surface area (Å²) in [5, 5.41) is 21.9. The van der Waals surface area contributed by atoms with E-state index in [9.17, 15) is 5.11 Å². The van der Waals surface area contributed by atoms with Gasteiger partial charge in [0.05, 0.1) is 11.6 Å². The lowest BCUT2D eigenvalue weighted by Gasteiger charge is -2.33. The topological polar surface area (TPSA) is 56.0 Å². The van der Waals surface area contributed by atoms with Crippen LogP contribution >= 0.6 is 0 Å². The first-order valence-electron chi connectivity index (χ1n) is 8.11. The van der Waals surface area contributed by atoms with E-state index in [4.69, 9.17) is 5.26 Å². The van der Waals surface area contributed by atoms with Crippen molar-refractivity contribution in [3.05, 3.63) is 35.4 Å². The first kappa shape index (κ1) is 16.0. The second-order valence-electron chi connectivity index (χ2n) is 6.14. The van der Waals surface area contributed by atoms with Crippen molar-refractivity contribution < 1.29 is 5.11 Å². The summed E-state index contributed by atoms with van der Waals surface area (Å²) in [5.74, 6) is 0.687. The molecule has 0 heterocycles. The predicted molar refractivity (Wildman–Crippen MR) is 84.8 cm³/mol. The summed E-state index contributed by atoms with van der Waals surface area (Å²) in [6.45, 7) is 2.41. The molecular weight excluding hydrogens is 260 g/mol. The fourth-order valence-electron chi connectivity index (χ4n) is 3.39. The van der Waals surface area contributed by atoms with Crippen LogP contribution in [0.1, 0.15) is 62.6 Å². The van der Waals surface area contributed by atoms with Gasteiger partial charge in [0.15, 0.2) is 0 Å². The quantitative estimate of drug-likeness (QED) is 0.841. The number of benzene rings is 1. The average molecular weight is 286 g/mol. The van der Waals surface area contributed by atoms with Crippen LogP contribution in [-0.4, -0.2) is 17.8 Å². The van der Waals surface area contributed by atoms with Gasteiger partial charge in [0.1, 0.15) is 0 Å². The first-order chi connectivity index (χ1) is 10.2. The second-order valence-corrected chi connectivity index (χ2v) is 6.14. The summed E-state index contributed by atoms with van der Waals surface area (Å²) < 4.78 is 0. The maximum atomic E-state index is 9.34. The van der Waals surface area contributed by atoms with Gasteiger partial charge in [-0.2, -0.15) is 5.26 Å². The summed E-state index contributed by atoms with van der Waals surface area (Å²) in [7, 11) is 0. The maximum absolute atomic E-state index is 9.34. The highest BCUT2D eigenvalue weighted by atomic mass is 16.3.